The quantitative estimate of drug-likeness (QED) is 0.641. The van der Waals surface area contributed by atoms with Gasteiger partial charge >= 0.3 is 0 Å². The van der Waals surface area contributed by atoms with Crippen molar-refractivity contribution in [3.63, 3.8) is 0 Å². The molecule has 0 amide bonds. The maximum Gasteiger partial charge on any atom is 0.200 e. The summed E-state index contributed by atoms with van der Waals surface area (Å²) in [5.74, 6) is 1.82. The number of aliphatic hydroxyl groups excluding tert-OH is 1. The maximum absolute atomic E-state index is 8.89. The Labute approximate surface area is 87.8 Å². The van der Waals surface area contributed by atoms with Gasteiger partial charge in [-0.1, -0.05) is 0 Å². The summed E-state index contributed by atoms with van der Waals surface area (Å²) in [4.78, 5) is 8.93. The standard InChI is InChI=1S/C9H14N5O/c1-2-14(3-4-15)7-5-6-8(12-7)13-9(10)11-6/h5,15H,2-4H2,1H3,(H3,10,11,13). The highest BCUT2D eigenvalue weighted by Crippen LogP contribution is 2.26. The van der Waals surface area contributed by atoms with E-state index in [9.17, 15) is 0 Å². The molecule has 1 aromatic heterocycles. The molecule has 1 aromatic rings. The number of anilines is 1. The van der Waals surface area contributed by atoms with Crippen molar-refractivity contribution in [3.05, 3.63) is 11.5 Å². The second-order valence-electron chi connectivity index (χ2n) is 3.28. The Morgan fingerprint density at radius 1 is 1.60 bits per heavy atom. The van der Waals surface area contributed by atoms with Crippen molar-refractivity contribution >= 4 is 17.8 Å². The van der Waals surface area contributed by atoms with Gasteiger partial charge in [0.05, 0.1) is 12.3 Å². The molecule has 81 valence electrons. The summed E-state index contributed by atoms with van der Waals surface area (Å²) in [7, 11) is 0. The average molecular weight is 208 g/mol. The second-order valence-corrected chi connectivity index (χ2v) is 3.28. The minimum Gasteiger partial charge on any atom is -0.395 e. The SMILES string of the molecule is CCN(CCO)C1=Cc2[nH]c(N)nc2[N]1. The average Bonchev–Trinajstić information content (AvgIpc) is 2.70. The van der Waals surface area contributed by atoms with Gasteiger partial charge in [0.15, 0.2) is 11.8 Å². The number of rotatable bonds is 4. The van der Waals surface area contributed by atoms with Crippen LogP contribution in [0.1, 0.15) is 12.6 Å². The minimum absolute atomic E-state index is 0.115. The monoisotopic (exact) mass is 208 g/mol. The lowest BCUT2D eigenvalue weighted by molar-refractivity contribution is 0.227. The molecule has 0 spiro atoms. The second kappa shape index (κ2) is 3.82. The van der Waals surface area contributed by atoms with Gasteiger partial charge in [0.1, 0.15) is 5.82 Å². The normalized spacial score (nSPS) is 13.3. The van der Waals surface area contributed by atoms with E-state index in [1.165, 1.54) is 0 Å². The summed E-state index contributed by atoms with van der Waals surface area (Å²) in [5.41, 5.74) is 6.32. The first-order chi connectivity index (χ1) is 7.24. The summed E-state index contributed by atoms with van der Waals surface area (Å²) in [5, 5.41) is 13.2. The van der Waals surface area contributed by atoms with Crippen LogP contribution in [0.2, 0.25) is 0 Å². The molecule has 0 atom stereocenters. The highest BCUT2D eigenvalue weighted by Gasteiger charge is 2.21. The van der Waals surface area contributed by atoms with Crippen molar-refractivity contribution in [2.45, 2.75) is 6.92 Å². The van der Waals surface area contributed by atoms with Crippen LogP contribution in [0.5, 0.6) is 0 Å². The van der Waals surface area contributed by atoms with Gasteiger partial charge in [-0.2, -0.15) is 4.98 Å². The number of H-pyrrole nitrogens is 1. The number of imidazole rings is 1. The summed E-state index contributed by atoms with van der Waals surface area (Å²) < 4.78 is 0. The van der Waals surface area contributed by atoms with E-state index in [1.807, 2.05) is 17.9 Å². The van der Waals surface area contributed by atoms with Gasteiger partial charge in [0, 0.05) is 19.2 Å². The molecular weight excluding hydrogens is 194 g/mol. The molecule has 0 saturated carbocycles. The number of nitrogens with zero attached hydrogens (tertiary/aromatic N) is 3. The van der Waals surface area contributed by atoms with Crippen LogP contribution in [0.25, 0.3) is 6.08 Å². The fourth-order valence-electron chi connectivity index (χ4n) is 1.57. The zero-order valence-corrected chi connectivity index (χ0v) is 8.56. The van der Waals surface area contributed by atoms with Crippen molar-refractivity contribution in [2.24, 2.45) is 0 Å². The van der Waals surface area contributed by atoms with Gasteiger partial charge in [-0.25, -0.2) is 5.32 Å². The molecule has 6 heteroatoms. The molecule has 15 heavy (non-hydrogen) atoms. The van der Waals surface area contributed by atoms with E-state index in [1.54, 1.807) is 0 Å². The van der Waals surface area contributed by atoms with E-state index >= 15 is 0 Å². The van der Waals surface area contributed by atoms with Crippen LogP contribution in [0.4, 0.5) is 11.8 Å². The Kier molecular flexibility index (Phi) is 2.51. The van der Waals surface area contributed by atoms with E-state index in [0.717, 1.165) is 18.1 Å². The van der Waals surface area contributed by atoms with E-state index in [0.29, 0.717) is 18.3 Å². The molecule has 2 heterocycles. The number of nitrogen functional groups attached to an aromatic ring is 1. The first kappa shape index (κ1) is 9.85. The first-order valence-electron chi connectivity index (χ1n) is 4.89. The lowest BCUT2D eigenvalue weighted by Crippen LogP contribution is -2.28. The van der Waals surface area contributed by atoms with Crippen LogP contribution < -0.4 is 11.1 Å². The molecule has 4 N–H and O–H groups in total. The number of fused-ring (bicyclic) bond motifs is 1. The Morgan fingerprint density at radius 2 is 2.40 bits per heavy atom. The van der Waals surface area contributed by atoms with Crippen molar-refractivity contribution in [1.29, 1.82) is 0 Å². The van der Waals surface area contributed by atoms with Crippen molar-refractivity contribution in [2.75, 3.05) is 25.4 Å². The summed E-state index contributed by atoms with van der Waals surface area (Å²) >= 11 is 0. The van der Waals surface area contributed by atoms with Gasteiger partial charge < -0.3 is 20.7 Å². The predicted molar refractivity (Wildman–Crippen MR) is 57.1 cm³/mol. The topological polar surface area (TPSA) is 92.3 Å². The fourth-order valence-corrected chi connectivity index (χ4v) is 1.57. The van der Waals surface area contributed by atoms with Gasteiger partial charge in [0.25, 0.3) is 0 Å². The van der Waals surface area contributed by atoms with Crippen molar-refractivity contribution in [1.82, 2.24) is 20.2 Å². The zero-order chi connectivity index (χ0) is 10.8. The van der Waals surface area contributed by atoms with Crippen molar-refractivity contribution in [3.8, 4) is 0 Å². The number of aliphatic hydroxyl groups is 1. The molecule has 0 aromatic carbocycles. The third-order valence-corrected chi connectivity index (χ3v) is 2.30. The number of nitrogens with one attached hydrogen (secondary N) is 1. The lowest BCUT2D eigenvalue weighted by Gasteiger charge is -2.21. The van der Waals surface area contributed by atoms with Crippen LogP contribution >= 0.6 is 0 Å². The predicted octanol–water partition coefficient (Wildman–Crippen LogP) is -0.146. The number of aromatic amines is 1. The Balaban J connectivity index is 2.14. The van der Waals surface area contributed by atoms with Crippen LogP contribution in [-0.2, 0) is 0 Å². The smallest absolute Gasteiger partial charge is 0.200 e. The van der Waals surface area contributed by atoms with E-state index in [4.69, 9.17) is 10.8 Å². The van der Waals surface area contributed by atoms with Gasteiger partial charge in [-0.05, 0) is 6.92 Å². The fraction of sp³-hybridized carbons (Fsp3) is 0.444. The van der Waals surface area contributed by atoms with E-state index < -0.39 is 0 Å². The third-order valence-electron chi connectivity index (χ3n) is 2.30. The largest absolute Gasteiger partial charge is 0.395 e. The van der Waals surface area contributed by atoms with Gasteiger partial charge in [-0.15, -0.1) is 0 Å². The van der Waals surface area contributed by atoms with Crippen molar-refractivity contribution < 1.29 is 5.11 Å². The van der Waals surface area contributed by atoms with E-state index in [-0.39, 0.29) is 6.61 Å². The highest BCUT2D eigenvalue weighted by atomic mass is 16.3. The molecule has 1 aliphatic rings. The molecule has 0 aliphatic carbocycles. The molecule has 1 radical (unpaired) electrons. The molecule has 0 unspecified atom stereocenters. The Hall–Kier alpha value is -1.69. The molecule has 2 rings (SSSR count). The molecular formula is C9H14N5O. The molecule has 1 aliphatic heterocycles. The third kappa shape index (κ3) is 1.75. The number of hydrogen-bond donors (Lipinski definition) is 3. The Morgan fingerprint density at radius 3 is 3.00 bits per heavy atom. The first-order valence-corrected chi connectivity index (χ1v) is 4.89. The number of aromatic nitrogens is 2. The van der Waals surface area contributed by atoms with Gasteiger partial charge in [0.2, 0.25) is 0 Å². The lowest BCUT2D eigenvalue weighted by atomic mass is 10.4. The molecule has 0 bridgehead atoms. The minimum atomic E-state index is 0.115. The van der Waals surface area contributed by atoms with Crippen LogP contribution in [-0.4, -0.2) is 39.7 Å². The van der Waals surface area contributed by atoms with Crippen LogP contribution in [0.3, 0.4) is 0 Å². The van der Waals surface area contributed by atoms with Crippen LogP contribution in [0, 0.1) is 0 Å². The number of likely N-dealkylation sites (N-methyl/N-ethyl adjacent to an activating group) is 1. The summed E-state index contributed by atoms with van der Waals surface area (Å²) in [6, 6.07) is 0. The summed E-state index contributed by atoms with van der Waals surface area (Å²) in [6.07, 6.45) is 1.89. The van der Waals surface area contributed by atoms with E-state index in [2.05, 4.69) is 15.3 Å². The summed E-state index contributed by atoms with van der Waals surface area (Å²) in [6.45, 7) is 3.51. The van der Waals surface area contributed by atoms with Gasteiger partial charge in [-0.3, -0.25) is 0 Å². The molecule has 0 saturated heterocycles. The van der Waals surface area contributed by atoms with Crippen LogP contribution in [0.15, 0.2) is 5.82 Å². The number of nitrogens with two attached hydrogens (primary N) is 1. The molecule has 6 nitrogen and oxygen atoms in total. The molecule has 0 fully saturated rings. The number of hydrogen-bond acceptors (Lipinski definition) is 4. The maximum atomic E-state index is 8.89. The Bertz CT molecular complexity index is 384. The highest BCUT2D eigenvalue weighted by molar-refractivity contribution is 5.67. The zero-order valence-electron chi connectivity index (χ0n) is 8.56.